The van der Waals surface area contributed by atoms with Crippen molar-refractivity contribution in [1.82, 2.24) is 9.38 Å². The van der Waals surface area contributed by atoms with E-state index in [1.54, 1.807) is 8.59 Å². The van der Waals surface area contributed by atoms with Gasteiger partial charge >= 0.3 is 163 Å². The van der Waals surface area contributed by atoms with Crippen molar-refractivity contribution in [2.45, 2.75) is 95.3 Å². The van der Waals surface area contributed by atoms with E-state index < -0.39 is 21.1 Å². The third kappa shape index (κ3) is 5.00. The average molecular weight is 453 g/mol. The van der Waals surface area contributed by atoms with Gasteiger partial charge in [-0.25, -0.2) is 0 Å². The van der Waals surface area contributed by atoms with Crippen molar-refractivity contribution in [1.29, 1.82) is 0 Å². The van der Waals surface area contributed by atoms with Gasteiger partial charge in [0.15, 0.2) is 0 Å². The zero-order valence-electron chi connectivity index (χ0n) is 16.0. The van der Waals surface area contributed by atoms with Gasteiger partial charge in [0.25, 0.3) is 0 Å². The second-order valence-electron chi connectivity index (χ2n) is 7.05. The summed E-state index contributed by atoms with van der Waals surface area (Å²) in [5.41, 5.74) is 1.58. The van der Waals surface area contributed by atoms with Crippen LogP contribution >= 0.6 is 11.3 Å². The fourth-order valence-corrected chi connectivity index (χ4v) is 12.6. The second kappa shape index (κ2) is 10.2. The van der Waals surface area contributed by atoms with Gasteiger partial charge in [0.1, 0.15) is 0 Å². The first-order valence-corrected chi connectivity index (χ1v) is 13.6. The predicted molar refractivity (Wildman–Crippen MR) is 109 cm³/mol. The summed E-state index contributed by atoms with van der Waals surface area (Å²) in [6.07, 6.45) is 17.9. The number of aryl methyl sites for hydroxylation is 1. The van der Waals surface area contributed by atoms with Crippen LogP contribution in [0, 0.1) is 0 Å². The minimum absolute atomic E-state index is 0.611. The first-order valence-electron chi connectivity index (χ1n) is 9.91. The van der Waals surface area contributed by atoms with Gasteiger partial charge in [-0.05, 0) is 0 Å². The Morgan fingerprint density at radius 1 is 1.00 bits per heavy atom. The summed E-state index contributed by atoms with van der Waals surface area (Å²) < 4.78 is 4.85. The van der Waals surface area contributed by atoms with Crippen LogP contribution in [-0.2, 0) is 6.42 Å². The van der Waals surface area contributed by atoms with Crippen LogP contribution in [0.15, 0.2) is 12.5 Å². The van der Waals surface area contributed by atoms with E-state index in [1.807, 2.05) is 6.33 Å². The Labute approximate surface area is 162 Å². The molecule has 0 fully saturated rings. The van der Waals surface area contributed by atoms with Crippen LogP contribution in [0.4, 0.5) is 0 Å². The molecule has 0 bridgehead atoms. The van der Waals surface area contributed by atoms with Gasteiger partial charge < -0.3 is 0 Å². The zero-order valence-corrected chi connectivity index (χ0v) is 19.7. The molecule has 0 saturated carbocycles. The van der Waals surface area contributed by atoms with E-state index in [2.05, 4.69) is 54.6 Å². The Balaban J connectivity index is 2.30. The van der Waals surface area contributed by atoms with Gasteiger partial charge in [-0.15, -0.1) is 0 Å². The van der Waals surface area contributed by atoms with Crippen LogP contribution in [-0.4, -0.2) is 30.5 Å². The molecule has 2 aromatic rings. The van der Waals surface area contributed by atoms with Gasteiger partial charge in [0.2, 0.25) is 0 Å². The molecule has 2 aromatic heterocycles. The third-order valence-electron chi connectivity index (χ3n) is 5.10. The van der Waals surface area contributed by atoms with Crippen molar-refractivity contribution in [3.8, 4) is 0 Å². The Morgan fingerprint density at radius 2 is 1.58 bits per heavy atom. The fraction of sp³-hybridized carbons (Fsp3) is 0.750. The Bertz CT molecular complexity index is 580. The maximum absolute atomic E-state index is 4.35. The van der Waals surface area contributed by atoms with E-state index in [1.165, 1.54) is 62.6 Å². The average Bonchev–Trinajstić information content (AvgIpc) is 3.16. The summed E-state index contributed by atoms with van der Waals surface area (Å²) in [6, 6.07) is 0. The molecule has 2 radical (unpaired) electrons. The second-order valence-corrected chi connectivity index (χ2v) is 14.3. The van der Waals surface area contributed by atoms with Crippen molar-refractivity contribution < 1.29 is 0 Å². The fourth-order valence-electron chi connectivity index (χ4n) is 3.61. The molecule has 0 aliphatic heterocycles. The molecule has 134 valence electrons. The number of imidazole rings is 1. The van der Waals surface area contributed by atoms with Crippen LogP contribution in [0.5, 0.6) is 0 Å². The summed E-state index contributed by atoms with van der Waals surface area (Å²) in [4.78, 5) is 5.71. The van der Waals surface area contributed by atoms with E-state index in [4.69, 9.17) is 0 Å². The van der Waals surface area contributed by atoms with Gasteiger partial charge in [0, 0.05) is 0 Å². The number of hydrogen-bond acceptors (Lipinski definition) is 2. The summed E-state index contributed by atoms with van der Waals surface area (Å²) in [7, 11) is 0. The molecule has 4 heteroatoms. The van der Waals surface area contributed by atoms with Crippen molar-refractivity contribution in [3.05, 3.63) is 18.2 Å². The Hall–Kier alpha value is -0.0313. The van der Waals surface area contributed by atoms with Gasteiger partial charge in [-0.2, -0.15) is 0 Å². The van der Waals surface area contributed by atoms with E-state index in [0.29, 0.717) is 3.43 Å². The van der Waals surface area contributed by atoms with Crippen molar-refractivity contribution >= 4 is 40.2 Å². The van der Waals surface area contributed by atoms with Crippen molar-refractivity contribution in [2.24, 2.45) is 0 Å². The standard InChI is InChI=1S/C13H27.C7H7N2S.Sn/c1-4-7-10-13(11-8-5-2)12-9-6-3;1-2-6-4-10-7-3-8-5-9(6)7;/h4-12H2,1-3H3;3,5H,2H2,1H3;. The number of thiazole rings is 1. The Morgan fingerprint density at radius 3 is 2.08 bits per heavy atom. The molecule has 24 heavy (non-hydrogen) atoms. The van der Waals surface area contributed by atoms with Crippen molar-refractivity contribution in [2.75, 3.05) is 0 Å². The van der Waals surface area contributed by atoms with E-state index in [9.17, 15) is 0 Å². The van der Waals surface area contributed by atoms with E-state index in [0.717, 1.165) is 6.42 Å². The SMILES string of the molecule is CCCC[C](CCCC)(CCCC)[Sn][c]1sc2cncn2c1CC. The van der Waals surface area contributed by atoms with Gasteiger partial charge in [-0.3, -0.25) is 0 Å². The molecule has 2 nitrogen and oxygen atoms in total. The molecule has 0 unspecified atom stereocenters. The molecule has 0 atom stereocenters. The molecule has 0 saturated heterocycles. The number of fused-ring (bicyclic) bond motifs is 1. The molecule has 0 amide bonds. The molecule has 2 rings (SSSR count). The molecule has 0 spiro atoms. The van der Waals surface area contributed by atoms with Crippen LogP contribution in [0.3, 0.4) is 0 Å². The normalized spacial score (nSPS) is 12.3. The molecule has 0 aromatic carbocycles. The molecular formula is C20H34N2SSn. The summed E-state index contributed by atoms with van der Waals surface area (Å²) in [5, 5.41) is 0. The summed E-state index contributed by atoms with van der Waals surface area (Å²) >= 11 is 1.45. The minimum atomic E-state index is -0.611. The number of unbranched alkanes of at least 4 members (excludes halogenated alkanes) is 3. The number of nitrogens with zero attached hydrogens (tertiary/aromatic N) is 2. The van der Waals surface area contributed by atoms with E-state index >= 15 is 0 Å². The quantitative estimate of drug-likeness (QED) is 0.360. The van der Waals surface area contributed by atoms with Crippen LogP contribution in [0.2, 0.25) is 3.43 Å². The van der Waals surface area contributed by atoms with Gasteiger partial charge in [0.05, 0.1) is 0 Å². The number of aromatic nitrogens is 2. The third-order valence-corrected chi connectivity index (χ3v) is 12.7. The van der Waals surface area contributed by atoms with Crippen molar-refractivity contribution in [3.63, 3.8) is 0 Å². The molecule has 0 N–H and O–H groups in total. The number of rotatable bonds is 12. The molecule has 2 heterocycles. The molecular weight excluding hydrogens is 419 g/mol. The summed E-state index contributed by atoms with van der Waals surface area (Å²) in [6.45, 7) is 9.38. The zero-order chi connectivity index (χ0) is 17.4. The van der Waals surface area contributed by atoms with E-state index in [-0.39, 0.29) is 0 Å². The summed E-state index contributed by atoms with van der Waals surface area (Å²) in [5.74, 6) is 0. The topological polar surface area (TPSA) is 17.3 Å². The first-order chi connectivity index (χ1) is 11.7. The van der Waals surface area contributed by atoms with Crippen LogP contribution in [0.1, 0.15) is 91.2 Å². The molecule has 0 aliphatic carbocycles. The Kier molecular flexibility index (Phi) is 8.62. The first kappa shape index (κ1) is 20.3. The van der Waals surface area contributed by atoms with Gasteiger partial charge in [-0.1, -0.05) is 0 Å². The predicted octanol–water partition coefficient (Wildman–Crippen LogP) is 6.02. The molecule has 0 aliphatic rings. The maximum atomic E-state index is 4.35. The monoisotopic (exact) mass is 454 g/mol. The van der Waals surface area contributed by atoms with Crippen LogP contribution < -0.4 is 2.89 Å². The number of hydrogen-bond donors (Lipinski definition) is 0. The van der Waals surface area contributed by atoms with Crippen LogP contribution in [0.25, 0.3) is 4.83 Å².